The number of pyridine rings is 1. The first-order valence-electron chi connectivity index (χ1n) is 7.91. The third-order valence-electron chi connectivity index (χ3n) is 4.37. The first-order valence-corrected chi connectivity index (χ1v) is 7.91. The molecule has 0 radical (unpaired) electrons. The minimum atomic E-state index is -0.260. The van der Waals surface area contributed by atoms with Crippen LogP contribution in [0.2, 0.25) is 0 Å². The van der Waals surface area contributed by atoms with Crippen LogP contribution in [0.15, 0.2) is 48.9 Å². The smallest absolute Gasteiger partial charge is 0.317 e. The molecule has 3 aromatic rings. The lowest BCUT2D eigenvalue weighted by Gasteiger charge is -2.29. The maximum atomic E-state index is 13.4. The molecule has 0 saturated carbocycles. The van der Waals surface area contributed by atoms with E-state index in [-0.39, 0.29) is 11.8 Å². The molecule has 122 valence electrons. The molecule has 24 heavy (non-hydrogen) atoms. The number of carbonyl (C=O) groups is 1. The molecule has 5 nitrogen and oxygen atoms in total. The number of amides is 2. The van der Waals surface area contributed by atoms with Crippen LogP contribution in [0.4, 0.5) is 9.18 Å². The predicted octanol–water partition coefficient (Wildman–Crippen LogP) is 2.74. The molecule has 1 aromatic carbocycles. The first-order chi connectivity index (χ1) is 11.7. The van der Waals surface area contributed by atoms with Crippen LogP contribution < -0.4 is 5.32 Å². The van der Waals surface area contributed by atoms with Gasteiger partial charge in [0.2, 0.25) is 0 Å². The van der Waals surface area contributed by atoms with Crippen molar-refractivity contribution in [3.05, 3.63) is 71.4 Å². The Balaban J connectivity index is 1.41. The normalized spacial score (nSPS) is 13.8. The maximum absolute atomic E-state index is 13.4. The fraction of sp³-hybridized carbons (Fsp3) is 0.222. The van der Waals surface area contributed by atoms with Gasteiger partial charge in [0.1, 0.15) is 11.5 Å². The van der Waals surface area contributed by atoms with Crippen molar-refractivity contribution in [2.75, 3.05) is 6.54 Å². The van der Waals surface area contributed by atoms with Crippen LogP contribution in [-0.2, 0) is 19.5 Å². The van der Waals surface area contributed by atoms with Crippen molar-refractivity contribution in [3.8, 4) is 0 Å². The summed E-state index contributed by atoms with van der Waals surface area (Å²) in [5, 5.41) is 2.93. The largest absolute Gasteiger partial charge is 0.334 e. The fourth-order valence-corrected chi connectivity index (χ4v) is 3.05. The van der Waals surface area contributed by atoms with Crippen LogP contribution in [0.1, 0.15) is 16.7 Å². The van der Waals surface area contributed by atoms with Crippen molar-refractivity contribution in [3.63, 3.8) is 0 Å². The summed E-state index contributed by atoms with van der Waals surface area (Å²) in [7, 11) is 0. The van der Waals surface area contributed by atoms with E-state index in [2.05, 4.69) is 10.3 Å². The summed E-state index contributed by atoms with van der Waals surface area (Å²) in [6.07, 6.45) is 6.29. The van der Waals surface area contributed by atoms with Crippen molar-refractivity contribution >= 4 is 11.7 Å². The van der Waals surface area contributed by atoms with E-state index >= 15 is 0 Å². The zero-order valence-corrected chi connectivity index (χ0v) is 13.1. The Kier molecular flexibility index (Phi) is 3.65. The summed E-state index contributed by atoms with van der Waals surface area (Å²) >= 11 is 0. The van der Waals surface area contributed by atoms with Gasteiger partial charge < -0.3 is 14.6 Å². The summed E-state index contributed by atoms with van der Waals surface area (Å²) in [5.74, 6) is -0.260. The van der Waals surface area contributed by atoms with E-state index in [1.54, 1.807) is 17.2 Å². The van der Waals surface area contributed by atoms with E-state index in [4.69, 9.17) is 0 Å². The molecule has 3 heterocycles. The van der Waals surface area contributed by atoms with Gasteiger partial charge in [0.25, 0.3) is 0 Å². The number of carbonyl (C=O) groups excluding carboxylic acids is 1. The molecular weight excluding hydrogens is 307 g/mol. The van der Waals surface area contributed by atoms with Crippen LogP contribution in [0.3, 0.4) is 0 Å². The topological polar surface area (TPSA) is 49.6 Å². The molecule has 2 amide bonds. The summed E-state index contributed by atoms with van der Waals surface area (Å²) < 4.78 is 15.3. The molecule has 6 heteroatoms. The quantitative estimate of drug-likeness (QED) is 0.788. The molecule has 0 bridgehead atoms. The number of imidazole rings is 1. The van der Waals surface area contributed by atoms with Gasteiger partial charge in [-0.25, -0.2) is 14.2 Å². The van der Waals surface area contributed by atoms with Crippen LogP contribution in [0.25, 0.3) is 5.65 Å². The second kappa shape index (κ2) is 5.96. The molecule has 0 aliphatic carbocycles. The predicted molar refractivity (Wildman–Crippen MR) is 87.9 cm³/mol. The van der Waals surface area contributed by atoms with Crippen molar-refractivity contribution in [2.24, 2.45) is 0 Å². The van der Waals surface area contributed by atoms with Crippen molar-refractivity contribution in [1.82, 2.24) is 19.6 Å². The van der Waals surface area contributed by atoms with Crippen LogP contribution in [0.5, 0.6) is 0 Å². The van der Waals surface area contributed by atoms with Crippen LogP contribution >= 0.6 is 0 Å². The fourth-order valence-electron chi connectivity index (χ4n) is 3.05. The number of halogens is 1. The minimum Gasteiger partial charge on any atom is -0.334 e. The highest BCUT2D eigenvalue weighted by Gasteiger charge is 2.20. The Hall–Kier alpha value is -2.89. The molecule has 0 unspecified atom stereocenters. The Morgan fingerprint density at radius 3 is 3.04 bits per heavy atom. The van der Waals surface area contributed by atoms with Gasteiger partial charge in [-0.2, -0.15) is 0 Å². The third kappa shape index (κ3) is 2.82. The number of nitrogens with zero attached hydrogens (tertiary/aromatic N) is 3. The molecule has 1 aliphatic heterocycles. The van der Waals surface area contributed by atoms with Gasteiger partial charge in [0, 0.05) is 38.2 Å². The number of nitrogens with one attached hydrogen (secondary N) is 1. The minimum absolute atomic E-state index is 0.131. The highest BCUT2D eigenvalue weighted by molar-refractivity contribution is 5.74. The monoisotopic (exact) mass is 324 g/mol. The molecule has 1 N–H and O–H groups in total. The van der Waals surface area contributed by atoms with Gasteiger partial charge in [-0.1, -0.05) is 6.07 Å². The van der Waals surface area contributed by atoms with Crippen molar-refractivity contribution < 1.29 is 9.18 Å². The zero-order valence-electron chi connectivity index (χ0n) is 13.1. The van der Waals surface area contributed by atoms with E-state index in [1.807, 2.05) is 28.9 Å². The molecular formula is C18H17FN4O. The number of urea groups is 1. The second-order valence-corrected chi connectivity index (χ2v) is 5.97. The van der Waals surface area contributed by atoms with Gasteiger partial charge in [0.05, 0.1) is 0 Å². The number of rotatable bonds is 2. The van der Waals surface area contributed by atoms with Gasteiger partial charge in [0.15, 0.2) is 0 Å². The van der Waals surface area contributed by atoms with Gasteiger partial charge >= 0.3 is 6.03 Å². The van der Waals surface area contributed by atoms with Gasteiger partial charge in [-0.3, -0.25) is 0 Å². The van der Waals surface area contributed by atoms with Crippen LogP contribution in [-0.4, -0.2) is 26.9 Å². The zero-order chi connectivity index (χ0) is 16.5. The lowest BCUT2D eigenvalue weighted by atomic mass is 10.00. The molecule has 0 atom stereocenters. The lowest BCUT2D eigenvalue weighted by molar-refractivity contribution is 0.192. The summed E-state index contributed by atoms with van der Waals surface area (Å²) in [6, 6.07) is 8.56. The van der Waals surface area contributed by atoms with Gasteiger partial charge in [-0.15, -0.1) is 0 Å². The first kappa shape index (κ1) is 14.7. The van der Waals surface area contributed by atoms with E-state index in [0.717, 1.165) is 28.8 Å². The lowest BCUT2D eigenvalue weighted by Crippen LogP contribution is -2.42. The number of hydrogen-bond donors (Lipinski definition) is 1. The highest BCUT2D eigenvalue weighted by Crippen LogP contribution is 2.20. The van der Waals surface area contributed by atoms with Crippen molar-refractivity contribution in [2.45, 2.75) is 19.5 Å². The number of benzene rings is 1. The number of aromatic nitrogens is 2. The van der Waals surface area contributed by atoms with Crippen LogP contribution in [0, 0.1) is 5.82 Å². The SMILES string of the molecule is O=C(NCc1ccn2ccnc2c1)N1CCc2ccc(F)cc2C1. The standard InChI is InChI=1S/C18H17FN4O/c19-16-2-1-14-4-7-23(12-15(14)10-16)18(24)21-11-13-3-6-22-8-5-20-17(22)9-13/h1-3,5-6,8-10H,4,7,11-12H2,(H,21,24). The summed E-state index contributed by atoms with van der Waals surface area (Å²) in [5.41, 5.74) is 3.84. The van der Waals surface area contributed by atoms with Gasteiger partial charge in [-0.05, 0) is 47.4 Å². The van der Waals surface area contributed by atoms with E-state index in [1.165, 1.54) is 12.1 Å². The summed E-state index contributed by atoms with van der Waals surface area (Å²) in [6.45, 7) is 1.52. The Labute approximate surface area is 138 Å². The van der Waals surface area contributed by atoms with Crippen molar-refractivity contribution in [1.29, 1.82) is 0 Å². The average molecular weight is 324 g/mol. The van der Waals surface area contributed by atoms with E-state index in [9.17, 15) is 9.18 Å². The molecule has 0 saturated heterocycles. The molecule has 2 aromatic heterocycles. The molecule has 0 spiro atoms. The maximum Gasteiger partial charge on any atom is 0.317 e. The Morgan fingerprint density at radius 1 is 1.21 bits per heavy atom. The Morgan fingerprint density at radius 2 is 2.12 bits per heavy atom. The number of fused-ring (bicyclic) bond motifs is 2. The van der Waals surface area contributed by atoms with E-state index < -0.39 is 0 Å². The molecule has 0 fully saturated rings. The summed E-state index contributed by atoms with van der Waals surface area (Å²) in [4.78, 5) is 18.3. The molecule has 4 rings (SSSR count). The number of hydrogen-bond acceptors (Lipinski definition) is 2. The van der Waals surface area contributed by atoms with E-state index in [0.29, 0.717) is 19.6 Å². The third-order valence-corrected chi connectivity index (χ3v) is 4.37. The Bertz CT molecular complexity index is 905. The highest BCUT2D eigenvalue weighted by atomic mass is 19.1. The molecule has 1 aliphatic rings. The average Bonchev–Trinajstić information content (AvgIpc) is 3.06. The second-order valence-electron chi connectivity index (χ2n) is 5.97.